The lowest BCUT2D eigenvalue weighted by atomic mass is 10.0. The molecule has 9 nitrogen and oxygen atoms in total. The standard InChI is InChI=1S/C25H21F3N6O3S/c1-13(35)32-24-34-22-19(5-2-6-20(22)38-24)37-21-11-17(30-12-31-21)15-8-7-14(25(26,27)28)10-18(15)33-23(36)16-4-3-9-29-16/h2,5-8,10-12,16,29H,3-4,9H2,1H3,(H,33,36)(H,32,34,35). The zero-order valence-electron chi connectivity index (χ0n) is 19.9. The van der Waals surface area contributed by atoms with Crippen molar-refractivity contribution in [3.05, 3.63) is 54.4 Å². The number of alkyl halides is 3. The number of nitrogens with one attached hydrogen (secondary N) is 3. The molecule has 1 unspecified atom stereocenters. The highest BCUT2D eigenvalue weighted by Gasteiger charge is 2.32. The molecule has 0 bridgehead atoms. The molecule has 38 heavy (non-hydrogen) atoms. The van der Waals surface area contributed by atoms with Gasteiger partial charge in [-0.2, -0.15) is 13.2 Å². The third kappa shape index (κ3) is 5.58. The number of ether oxygens (including phenoxy) is 1. The lowest BCUT2D eigenvalue weighted by molar-refractivity contribution is -0.137. The van der Waals surface area contributed by atoms with Gasteiger partial charge in [-0.15, -0.1) is 0 Å². The first-order chi connectivity index (χ1) is 18.2. The second-order valence-corrected chi connectivity index (χ2v) is 9.57. The van der Waals surface area contributed by atoms with Crippen LogP contribution in [0.15, 0.2) is 48.8 Å². The summed E-state index contributed by atoms with van der Waals surface area (Å²) >= 11 is 1.28. The second kappa shape index (κ2) is 10.3. The van der Waals surface area contributed by atoms with Gasteiger partial charge in [-0.3, -0.25) is 9.59 Å². The van der Waals surface area contributed by atoms with Gasteiger partial charge in [-0.1, -0.05) is 23.5 Å². The summed E-state index contributed by atoms with van der Waals surface area (Å²) in [5.74, 6) is -0.187. The number of nitrogens with zero attached hydrogens (tertiary/aromatic N) is 3. The third-order valence-electron chi connectivity index (χ3n) is 5.78. The SMILES string of the molecule is CC(=O)Nc1nc2c(Oc3cc(-c4ccc(C(F)(F)F)cc4NC(=O)C4CCCN4)ncn3)cccc2s1. The summed E-state index contributed by atoms with van der Waals surface area (Å²) in [4.78, 5) is 36.9. The van der Waals surface area contributed by atoms with Gasteiger partial charge in [0, 0.05) is 18.6 Å². The van der Waals surface area contributed by atoms with Crippen molar-refractivity contribution in [2.75, 3.05) is 17.2 Å². The van der Waals surface area contributed by atoms with Gasteiger partial charge in [0.1, 0.15) is 11.8 Å². The molecule has 0 saturated carbocycles. The number of aromatic nitrogens is 3. The van der Waals surface area contributed by atoms with Crippen LogP contribution in [0.1, 0.15) is 25.3 Å². The van der Waals surface area contributed by atoms with E-state index in [1.54, 1.807) is 12.1 Å². The quantitative estimate of drug-likeness (QED) is 0.306. The van der Waals surface area contributed by atoms with Crippen molar-refractivity contribution in [3.8, 4) is 22.9 Å². The Balaban J connectivity index is 1.48. The molecule has 1 aliphatic heterocycles. The van der Waals surface area contributed by atoms with Crippen LogP contribution in [0.3, 0.4) is 0 Å². The maximum atomic E-state index is 13.4. The summed E-state index contributed by atoms with van der Waals surface area (Å²) in [7, 11) is 0. The fraction of sp³-hybridized carbons (Fsp3) is 0.240. The maximum Gasteiger partial charge on any atom is 0.416 e. The summed E-state index contributed by atoms with van der Waals surface area (Å²) in [5.41, 5.74) is 0.114. The molecule has 0 aliphatic carbocycles. The number of anilines is 2. The zero-order valence-corrected chi connectivity index (χ0v) is 20.7. The predicted octanol–water partition coefficient (Wildman–Crippen LogP) is 5.21. The molecular formula is C25H21F3N6O3S. The zero-order chi connectivity index (χ0) is 26.9. The Kier molecular flexibility index (Phi) is 6.95. The van der Waals surface area contributed by atoms with E-state index in [-0.39, 0.29) is 28.7 Å². The van der Waals surface area contributed by atoms with Crippen molar-refractivity contribution < 1.29 is 27.5 Å². The number of hydrogen-bond donors (Lipinski definition) is 3. The molecule has 1 aliphatic rings. The smallest absolute Gasteiger partial charge is 0.416 e. The average molecular weight is 543 g/mol. The number of amides is 2. The van der Waals surface area contributed by atoms with Crippen LogP contribution < -0.4 is 20.7 Å². The van der Waals surface area contributed by atoms with E-state index in [0.717, 1.165) is 23.3 Å². The lowest BCUT2D eigenvalue weighted by Gasteiger charge is -2.17. The summed E-state index contributed by atoms with van der Waals surface area (Å²) in [5, 5.41) is 8.72. The van der Waals surface area contributed by atoms with Crippen molar-refractivity contribution >= 4 is 44.2 Å². The van der Waals surface area contributed by atoms with Gasteiger partial charge < -0.3 is 20.7 Å². The predicted molar refractivity (Wildman–Crippen MR) is 136 cm³/mol. The summed E-state index contributed by atoms with van der Waals surface area (Å²) < 4.78 is 47.1. The molecule has 13 heteroatoms. The summed E-state index contributed by atoms with van der Waals surface area (Å²) in [6.45, 7) is 2.05. The molecule has 3 heterocycles. The third-order valence-corrected chi connectivity index (χ3v) is 6.72. The Morgan fingerprint density at radius 3 is 2.71 bits per heavy atom. The Morgan fingerprint density at radius 1 is 1.13 bits per heavy atom. The molecule has 2 aromatic carbocycles. The Labute approximate surface area is 218 Å². The van der Waals surface area contributed by atoms with E-state index < -0.39 is 23.7 Å². The highest BCUT2D eigenvalue weighted by Crippen LogP contribution is 2.38. The monoisotopic (exact) mass is 542 g/mol. The minimum Gasteiger partial charge on any atom is -0.437 e. The van der Waals surface area contributed by atoms with Gasteiger partial charge >= 0.3 is 6.18 Å². The number of hydrogen-bond acceptors (Lipinski definition) is 8. The van der Waals surface area contributed by atoms with Gasteiger partial charge in [-0.05, 0) is 43.7 Å². The van der Waals surface area contributed by atoms with Crippen molar-refractivity contribution in [2.24, 2.45) is 0 Å². The average Bonchev–Trinajstić information content (AvgIpc) is 3.54. The van der Waals surface area contributed by atoms with Gasteiger partial charge in [0.15, 0.2) is 10.9 Å². The molecule has 2 aromatic heterocycles. The number of fused-ring (bicyclic) bond motifs is 1. The van der Waals surface area contributed by atoms with Crippen LogP contribution in [-0.4, -0.2) is 39.4 Å². The summed E-state index contributed by atoms with van der Waals surface area (Å²) in [6, 6.07) is 9.33. The van der Waals surface area contributed by atoms with E-state index in [0.29, 0.717) is 29.4 Å². The molecule has 1 atom stereocenters. The van der Waals surface area contributed by atoms with Crippen molar-refractivity contribution in [3.63, 3.8) is 0 Å². The van der Waals surface area contributed by atoms with Crippen molar-refractivity contribution in [1.82, 2.24) is 20.3 Å². The van der Waals surface area contributed by atoms with Crippen LogP contribution >= 0.6 is 11.3 Å². The number of carbonyl (C=O) groups excluding carboxylic acids is 2. The molecule has 5 rings (SSSR count). The van der Waals surface area contributed by atoms with Gasteiger partial charge in [0.2, 0.25) is 17.7 Å². The molecule has 1 fully saturated rings. The van der Waals surface area contributed by atoms with E-state index in [1.807, 2.05) is 6.07 Å². The van der Waals surface area contributed by atoms with Crippen LogP contribution in [0.5, 0.6) is 11.6 Å². The Hall–Kier alpha value is -4.10. The van der Waals surface area contributed by atoms with Gasteiger partial charge in [0.05, 0.1) is 27.7 Å². The van der Waals surface area contributed by atoms with Crippen molar-refractivity contribution in [2.45, 2.75) is 32.0 Å². The van der Waals surface area contributed by atoms with Gasteiger partial charge in [-0.25, -0.2) is 15.0 Å². The molecule has 196 valence electrons. The van der Waals surface area contributed by atoms with Crippen LogP contribution in [0.2, 0.25) is 0 Å². The normalized spacial score (nSPS) is 15.4. The number of thiazole rings is 1. The molecule has 4 aromatic rings. The first kappa shape index (κ1) is 25.5. The maximum absolute atomic E-state index is 13.4. The molecular weight excluding hydrogens is 521 g/mol. The highest BCUT2D eigenvalue weighted by molar-refractivity contribution is 7.22. The van der Waals surface area contributed by atoms with E-state index in [9.17, 15) is 22.8 Å². The number of halogens is 3. The minimum atomic E-state index is -4.59. The van der Waals surface area contributed by atoms with E-state index in [2.05, 4.69) is 30.9 Å². The minimum absolute atomic E-state index is 0.0234. The van der Waals surface area contributed by atoms with Crippen LogP contribution in [0, 0.1) is 0 Å². The fourth-order valence-electron chi connectivity index (χ4n) is 4.04. The fourth-order valence-corrected chi connectivity index (χ4v) is 4.97. The lowest BCUT2D eigenvalue weighted by Crippen LogP contribution is -2.35. The van der Waals surface area contributed by atoms with Crippen LogP contribution in [-0.2, 0) is 15.8 Å². The molecule has 1 saturated heterocycles. The molecule has 0 radical (unpaired) electrons. The second-order valence-electron chi connectivity index (χ2n) is 8.54. The molecule has 0 spiro atoms. The first-order valence-electron chi connectivity index (χ1n) is 11.6. The van der Waals surface area contributed by atoms with Crippen LogP contribution in [0.4, 0.5) is 24.0 Å². The number of para-hydroxylation sites is 1. The van der Waals surface area contributed by atoms with E-state index in [4.69, 9.17) is 4.74 Å². The largest absolute Gasteiger partial charge is 0.437 e. The summed E-state index contributed by atoms with van der Waals surface area (Å²) in [6.07, 6.45) is -1.97. The molecule has 3 N–H and O–H groups in total. The molecule has 2 amide bonds. The first-order valence-corrected chi connectivity index (χ1v) is 12.4. The topological polar surface area (TPSA) is 118 Å². The van der Waals surface area contributed by atoms with Crippen LogP contribution in [0.25, 0.3) is 21.5 Å². The Bertz CT molecular complexity index is 1520. The van der Waals surface area contributed by atoms with E-state index >= 15 is 0 Å². The Morgan fingerprint density at radius 2 is 1.97 bits per heavy atom. The highest BCUT2D eigenvalue weighted by atomic mass is 32.1. The number of carbonyl (C=O) groups is 2. The number of rotatable bonds is 6. The number of benzene rings is 2. The van der Waals surface area contributed by atoms with Crippen molar-refractivity contribution in [1.29, 1.82) is 0 Å². The van der Waals surface area contributed by atoms with Gasteiger partial charge in [0.25, 0.3) is 0 Å². The van der Waals surface area contributed by atoms with E-state index in [1.165, 1.54) is 36.7 Å².